The Bertz CT molecular complexity index is 325. The van der Waals surface area contributed by atoms with Crippen molar-refractivity contribution in [2.45, 2.75) is 44.2 Å². The second-order valence-corrected chi connectivity index (χ2v) is 5.11. The second kappa shape index (κ2) is 6.47. The van der Waals surface area contributed by atoms with Crippen LogP contribution in [0.3, 0.4) is 0 Å². The maximum Gasteiger partial charge on any atom is 0.303 e. The smallest absolute Gasteiger partial charge is 0.303 e. The van der Waals surface area contributed by atoms with Crippen molar-refractivity contribution in [2.75, 3.05) is 6.61 Å². The number of carbonyl (C=O) groups excluding carboxylic acids is 2. The summed E-state index contributed by atoms with van der Waals surface area (Å²) in [5.74, 6) is -1.57. The van der Waals surface area contributed by atoms with Gasteiger partial charge in [-0.15, -0.1) is 0 Å². The van der Waals surface area contributed by atoms with Gasteiger partial charge in [-0.05, 0) is 0 Å². The van der Waals surface area contributed by atoms with Crippen molar-refractivity contribution in [1.82, 2.24) is 0 Å². The largest absolute Gasteiger partial charge is 0.463 e. The van der Waals surface area contributed by atoms with Gasteiger partial charge in [-0.2, -0.15) is 0 Å². The number of rotatable bonds is 3. The monoisotopic (exact) mass is 326 g/mol. The predicted molar refractivity (Wildman–Crippen MR) is 63.8 cm³/mol. The first-order chi connectivity index (χ1) is 8.32. The summed E-state index contributed by atoms with van der Waals surface area (Å²) in [5.41, 5.74) is 0. The molecule has 7 heteroatoms. The zero-order valence-electron chi connectivity index (χ0n) is 10.4. The van der Waals surface area contributed by atoms with Gasteiger partial charge in [0.15, 0.2) is 6.10 Å². The zero-order chi connectivity index (χ0) is 13.9. The van der Waals surface area contributed by atoms with Gasteiger partial charge in [0, 0.05) is 19.8 Å². The third-order valence-electron chi connectivity index (χ3n) is 2.65. The van der Waals surface area contributed by atoms with E-state index in [0.717, 1.165) is 0 Å². The van der Waals surface area contributed by atoms with Crippen LogP contribution >= 0.6 is 15.9 Å². The van der Waals surface area contributed by atoms with Crippen molar-refractivity contribution in [3.63, 3.8) is 0 Å². The molecule has 0 radical (unpaired) electrons. The molecule has 5 nitrogen and oxygen atoms in total. The number of alkyl halides is 2. The summed E-state index contributed by atoms with van der Waals surface area (Å²) in [6.45, 7) is 3.93. The molecule has 1 heterocycles. The molecule has 0 bridgehead atoms. The highest BCUT2D eigenvalue weighted by molar-refractivity contribution is 9.09. The Morgan fingerprint density at radius 1 is 1.33 bits per heavy atom. The van der Waals surface area contributed by atoms with E-state index in [1.807, 2.05) is 0 Å². The molecule has 104 valence electrons. The second-order valence-electron chi connectivity index (χ2n) is 4.21. The van der Waals surface area contributed by atoms with Crippen LogP contribution < -0.4 is 0 Å². The predicted octanol–water partition coefficient (Wildman–Crippen LogP) is 1.58. The van der Waals surface area contributed by atoms with E-state index in [1.54, 1.807) is 6.92 Å². The molecular weight excluding hydrogens is 311 g/mol. The van der Waals surface area contributed by atoms with Gasteiger partial charge in [0.1, 0.15) is 23.9 Å². The first-order valence-corrected chi connectivity index (χ1v) is 6.48. The Kier molecular flexibility index (Phi) is 5.52. The van der Waals surface area contributed by atoms with Crippen LogP contribution in [-0.4, -0.2) is 41.9 Å². The van der Waals surface area contributed by atoms with Crippen LogP contribution in [0.5, 0.6) is 0 Å². The van der Waals surface area contributed by atoms with Gasteiger partial charge >= 0.3 is 11.9 Å². The molecule has 0 spiro atoms. The first-order valence-electron chi connectivity index (χ1n) is 5.57. The Morgan fingerprint density at radius 3 is 2.44 bits per heavy atom. The molecule has 1 aliphatic rings. The number of halogens is 2. The number of hydrogen-bond acceptors (Lipinski definition) is 5. The lowest BCUT2D eigenvalue weighted by Crippen LogP contribution is -2.53. The van der Waals surface area contributed by atoms with Crippen LogP contribution in [0.2, 0.25) is 0 Å². The zero-order valence-corrected chi connectivity index (χ0v) is 12.0. The van der Waals surface area contributed by atoms with Crippen molar-refractivity contribution < 1.29 is 28.2 Å². The molecule has 0 aromatic heterocycles. The molecule has 5 unspecified atom stereocenters. The van der Waals surface area contributed by atoms with E-state index < -0.39 is 41.2 Å². The summed E-state index contributed by atoms with van der Waals surface area (Å²) in [5, 5.41) is -0.514. The van der Waals surface area contributed by atoms with E-state index >= 15 is 0 Å². The molecule has 1 saturated heterocycles. The van der Waals surface area contributed by atoms with E-state index in [1.165, 1.54) is 13.8 Å². The van der Waals surface area contributed by atoms with E-state index in [-0.39, 0.29) is 6.61 Å². The van der Waals surface area contributed by atoms with E-state index in [2.05, 4.69) is 15.9 Å². The normalized spacial score (nSPS) is 35.9. The maximum absolute atomic E-state index is 14.1. The van der Waals surface area contributed by atoms with Crippen LogP contribution in [0.4, 0.5) is 4.39 Å². The fourth-order valence-corrected chi connectivity index (χ4v) is 2.25. The fourth-order valence-electron chi connectivity index (χ4n) is 1.68. The molecule has 1 fully saturated rings. The van der Waals surface area contributed by atoms with Gasteiger partial charge in [-0.25, -0.2) is 4.39 Å². The number of hydrogen-bond donors (Lipinski definition) is 0. The van der Waals surface area contributed by atoms with Crippen molar-refractivity contribution in [3.05, 3.63) is 0 Å². The lowest BCUT2D eigenvalue weighted by atomic mass is 9.95. The molecule has 1 aliphatic heterocycles. The minimum Gasteiger partial charge on any atom is -0.463 e. The standard InChI is InChI=1S/C11H16BrFO5/c1-5-9(13)10(17-7(3)15)8(18-11(5)12)4-16-6(2)14/h5,8-11H,4H2,1-3H3. The first kappa shape index (κ1) is 15.4. The third kappa shape index (κ3) is 3.91. The summed E-state index contributed by atoms with van der Waals surface area (Å²) < 4.78 is 29.3. The molecule has 0 aromatic carbocycles. The highest BCUT2D eigenvalue weighted by Gasteiger charge is 2.45. The Labute approximate surface area is 113 Å². The van der Waals surface area contributed by atoms with Crippen LogP contribution in [0.15, 0.2) is 0 Å². The van der Waals surface area contributed by atoms with Crippen molar-refractivity contribution in [2.24, 2.45) is 5.92 Å². The van der Waals surface area contributed by atoms with E-state index in [9.17, 15) is 14.0 Å². The molecule has 0 saturated carbocycles. The Morgan fingerprint density at radius 2 is 1.94 bits per heavy atom. The minimum atomic E-state index is -1.38. The summed E-state index contributed by atoms with van der Waals surface area (Å²) in [4.78, 5) is 21.7. The van der Waals surface area contributed by atoms with Crippen molar-refractivity contribution in [1.29, 1.82) is 0 Å². The van der Waals surface area contributed by atoms with Crippen LogP contribution in [0.1, 0.15) is 20.8 Å². The van der Waals surface area contributed by atoms with Gasteiger partial charge in [-0.3, -0.25) is 9.59 Å². The van der Waals surface area contributed by atoms with Crippen LogP contribution in [-0.2, 0) is 23.8 Å². The molecule has 0 N–H and O–H groups in total. The lowest BCUT2D eigenvalue weighted by molar-refractivity contribution is -0.194. The van der Waals surface area contributed by atoms with Gasteiger partial charge in [-0.1, -0.05) is 22.9 Å². The Hall–Kier alpha value is -0.690. The summed E-state index contributed by atoms with van der Waals surface area (Å²) in [6, 6.07) is 0. The molecule has 5 atom stereocenters. The maximum atomic E-state index is 14.1. The number of carbonyl (C=O) groups is 2. The molecule has 0 aliphatic carbocycles. The quantitative estimate of drug-likeness (QED) is 0.582. The van der Waals surface area contributed by atoms with Crippen molar-refractivity contribution in [3.8, 4) is 0 Å². The van der Waals surface area contributed by atoms with Gasteiger partial charge < -0.3 is 14.2 Å². The average molecular weight is 327 g/mol. The molecular formula is C11H16BrFO5. The van der Waals surface area contributed by atoms with Gasteiger partial charge in [0.05, 0.1) is 0 Å². The van der Waals surface area contributed by atoms with Crippen LogP contribution in [0, 0.1) is 5.92 Å². The highest BCUT2D eigenvalue weighted by atomic mass is 79.9. The van der Waals surface area contributed by atoms with Gasteiger partial charge in [0.2, 0.25) is 0 Å². The molecule has 0 amide bonds. The Balaban J connectivity index is 2.75. The topological polar surface area (TPSA) is 61.8 Å². The average Bonchev–Trinajstić information content (AvgIpc) is 2.27. The summed E-state index contributed by atoms with van der Waals surface area (Å²) >= 11 is 3.19. The molecule has 18 heavy (non-hydrogen) atoms. The summed E-state index contributed by atoms with van der Waals surface area (Å²) in [7, 11) is 0. The van der Waals surface area contributed by atoms with E-state index in [0.29, 0.717) is 0 Å². The third-order valence-corrected chi connectivity index (χ3v) is 3.70. The minimum absolute atomic E-state index is 0.150. The lowest BCUT2D eigenvalue weighted by Gasteiger charge is -2.39. The SMILES string of the molecule is CC(=O)OCC1OC(Br)C(C)C(F)C1OC(C)=O. The van der Waals surface area contributed by atoms with Crippen LogP contribution in [0.25, 0.3) is 0 Å². The number of esters is 2. The number of ether oxygens (including phenoxy) is 3. The summed E-state index contributed by atoms with van der Waals surface area (Å²) in [6.07, 6.45) is -3.26. The fraction of sp³-hybridized carbons (Fsp3) is 0.818. The van der Waals surface area contributed by atoms with Gasteiger partial charge in [0.25, 0.3) is 0 Å². The molecule has 1 rings (SSSR count). The van der Waals surface area contributed by atoms with Crippen molar-refractivity contribution >= 4 is 27.9 Å². The highest BCUT2D eigenvalue weighted by Crippen LogP contribution is 2.33. The van der Waals surface area contributed by atoms with E-state index in [4.69, 9.17) is 14.2 Å². The molecule has 0 aromatic rings.